The summed E-state index contributed by atoms with van der Waals surface area (Å²) in [7, 11) is 0. The number of amides is 2. The van der Waals surface area contributed by atoms with E-state index in [4.69, 9.17) is 0 Å². The first-order chi connectivity index (χ1) is 10.4. The molecule has 0 bridgehead atoms. The van der Waals surface area contributed by atoms with E-state index < -0.39 is 11.1 Å². The first-order valence-corrected chi connectivity index (χ1v) is 7.79. The van der Waals surface area contributed by atoms with E-state index in [1.165, 1.54) is 0 Å². The fourth-order valence-electron chi connectivity index (χ4n) is 3.33. The molecule has 1 atom stereocenters. The molecule has 0 saturated carbocycles. The molecule has 1 aromatic rings. The maximum atomic E-state index is 14.9. The normalized spacial score (nSPS) is 28.3. The Balaban J connectivity index is 1.85. The van der Waals surface area contributed by atoms with E-state index in [1.807, 2.05) is 19.1 Å². The summed E-state index contributed by atoms with van der Waals surface area (Å²) in [5, 5.41) is 5.56. The van der Waals surface area contributed by atoms with E-state index in [0.717, 1.165) is 5.56 Å². The summed E-state index contributed by atoms with van der Waals surface area (Å²) in [5.74, 6) is -0.496. The minimum atomic E-state index is -1.28. The van der Waals surface area contributed by atoms with Crippen LogP contribution in [0.5, 0.6) is 0 Å². The van der Waals surface area contributed by atoms with Crippen molar-refractivity contribution in [2.75, 3.05) is 13.1 Å². The van der Waals surface area contributed by atoms with Crippen molar-refractivity contribution in [2.45, 2.75) is 43.7 Å². The Kier molecular flexibility index (Phi) is 3.77. The molecule has 2 aliphatic rings. The minimum Gasteiger partial charge on any atom is -0.316 e. The minimum absolute atomic E-state index is 0.225. The van der Waals surface area contributed by atoms with E-state index in [9.17, 15) is 14.0 Å². The molecule has 0 unspecified atom stereocenters. The molecule has 2 amide bonds. The monoisotopic (exact) mass is 304 g/mol. The lowest BCUT2D eigenvalue weighted by Gasteiger charge is -2.33. The van der Waals surface area contributed by atoms with Gasteiger partial charge in [-0.25, -0.2) is 4.39 Å². The van der Waals surface area contributed by atoms with Gasteiger partial charge >= 0.3 is 0 Å². The summed E-state index contributed by atoms with van der Waals surface area (Å²) in [5.41, 5.74) is -0.494. The number of rotatable bonds is 2. The quantitative estimate of drug-likeness (QED) is 0.821. The molecule has 0 spiro atoms. The van der Waals surface area contributed by atoms with Crippen LogP contribution in [0.3, 0.4) is 0 Å². The summed E-state index contributed by atoms with van der Waals surface area (Å²) in [4.78, 5) is 23.5. The SMILES string of the molecule is C[C@]1(c2ccc(C3(F)CCNCC3)cc2)CCC(=O)NC1=O. The molecule has 4 nitrogen and oxygen atoms in total. The van der Waals surface area contributed by atoms with Crippen LogP contribution in [-0.4, -0.2) is 24.9 Å². The lowest BCUT2D eigenvalue weighted by molar-refractivity contribution is -0.137. The Morgan fingerprint density at radius 2 is 1.59 bits per heavy atom. The Hall–Kier alpha value is -1.75. The van der Waals surface area contributed by atoms with Crippen LogP contribution in [0.15, 0.2) is 24.3 Å². The maximum absolute atomic E-state index is 14.9. The number of imide groups is 1. The van der Waals surface area contributed by atoms with Gasteiger partial charge in [-0.3, -0.25) is 14.9 Å². The van der Waals surface area contributed by atoms with Crippen molar-refractivity contribution in [1.82, 2.24) is 10.6 Å². The number of alkyl halides is 1. The van der Waals surface area contributed by atoms with Gasteiger partial charge in [-0.1, -0.05) is 24.3 Å². The average molecular weight is 304 g/mol. The van der Waals surface area contributed by atoms with Crippen LogP contribution in [0.25, 0.3) is 0 Å². The molecule has 0 radical (unpaired) electrons. The van der Waals surface area contributed by atoms with Gasteiger partial charge in [0.05, 0.1) is 5.41 Å². The number of piperidine rings is 2. The van der Waals surface area contributed by atoms with Crippen LogP contribution in [0, 0.1) is 0 Å². The number of carbonyl (C=O) groups is 2. The van der Waals surface area contributed by atoms with Crippen molar-refractivity contribution in [3.8, 4) is 0 Å². The van der Waals surface area contributed by atoms with E-state index in [1.54, 1.807) is 12.1 Å². The van der Waals surface area contributed by atoms with Gasteiger partial charge in [0, 0.05) is 6.42 Å². The van der Waals surface area contributed by atoms with E-state index >= 15 is 0 Å². The molecule has 0 aromatic heterocycles. The molecule has 2 saturated heterocycles. The van der Waals surface area contributed by atoms with E-state index in [-0.39, 0.29) is 11.8 Å². The van der Waals surface area contributed by atoms with E-state index in [0.29, 0.717) is 44.3 Å². The van der Waals surface area contributed by atoms with Crippen LogP contribution in [-0.2, 0) is 20.7 Å². The highest BCUT2D eigenvalue weighted by atomic mass is 19.1. The highest BCUT2D eigenvalue weighted by Crippen LogP contribution is 2.37. The molecule has 22 heavy (non-hydrogen) atoms. The Morgan fingerprint density at radius 1 is 1.00 bits per heavy atom. The standard InChI is InChI=1S/C17H21FN2O2/c1-16(7-6-14(21)20-15(16)22)12-2-4-13(5-3-12)17(18)8-10-19-11-9-17/h2-5,19H,6-11H2,1H3,(H,20,21,22)/t16-/m1/s1. The van der Waals surface area contributed by atoms with Crippen LogP contribution < -0.4 is 10.6 Å². The van der Waals surface area contributed by atoms with Gasteiger partial charge in [0.2, 0.25) is 11.8 Å². The van der Waals surface area contributed by atoms with Gasteiger partial charge in [0.15, 0.2) is 0 Å². The third kappa shape index (κ3) is 2.54. The van der Waals surface area contributed by atoms with Crippen molar-refractivity contribution in [2.24, 2.45) is 0 Å². The molecule has 5 heteroatoms. The fourth-order valence-corrected chi connectivity index (χ4v) is 3.33. The largest absolute Gasteiger partial charge is 0.316 e. The Morgan fingerprint density at radius 3 is 2.18 bits per heavy atom. The van der Waals surface area contributed by atoms with Gasteiger partial charge in [-0.05, 0) is 50.4 Å². The Bertz CT molecular complexity index is 593. The number of benzene rings is 1. The van der Waals surface area contributed by atoms with Gasteiger partial charge in [-0.15, -0.1) is 0 Å². The number of nitrogens with one attached hydrogen (secondary N) is 2. The Labute approximate surface area is 129 Å². The average Bonchev–Trinajstić information content (AvgIpc) is 2.52. The molecule has 2 N–H and O–H groups in total. The van der Waals surface area contributed by atoms with Crippen LogP contribution in [0.2, 0.25) is 0 Å². The fraction of sp³-hybridized carbons (Fsp3) is 0.529. The van der Waals surface area contributed by atoms with Gasteiger partial charge in [0.1, 0.15) is 5.67 Å². The second-order valence-electron chi connectivity index (χ2n) is 6.50. The van der Waals surface area contributed by atoms with Crippen molar-refractivity contribution < 1.29 is 14.0 Å². The molecule has 2 aliphatic heterocycles. The molecule has 3 rings (SSSR count). The van der Waals surface area contributed by atoms with Crippen LogP contribution in [0.4, 0.5) is 4.39 Å². The predicted molar refractivity (Wildman–Crippen MR) is 81.1 cm³/mol. The lowest BCUT2D eigenvalue weighted by Crippen LogP contribution is -2.49. The predicted octanol–water partition coefficient (Wildman–Crippen LogP) is 1.93. The smallest absolute Gasteiger partial charge is 0.236 e. The lowest BCUT2D eigenvalue weighted by atomic mass is 9.75. The molecule has 0 aliphatic carbocycles. The summed E-state index contributed by atoms with van der Waals surface area (Å²) < 4.78 is 14.9. The van der Waals surface area contributed by atoms with Crippen molar-refractivity contribution >= 4 is 11.8 Å². The summed E-state index contributed by atoms with van der Waals surface area (Å²) in [6, 6.07) is 7.23. The van der Waals surface area contributed by atoms with E-state index in [2.05, 4.69) is 10.6 Å². The van der Waals surface area contributed by atoms with Crippen LogP contribution in [0.1, 0.15) is 43.7 Å². The number of halogens is 1. The maximum Gasteiger partial charge on any atom is 0.236 e. The summed E-state index contributed by atoms with van der Waals surface area (Å²) >= 11 is 0. The third-order valence-corrected chi connectivity index (χ3v) is 5.04. The number of hydrogen-bond donors (Lipinski definition) is 2. The zero-order valence-electron chi connectivity index (χ0n) is 12.7. The number of hydrogen-bond acceptors (Lipinski definition) is 3. The van der Waals surface area contributed by atoms with Gasteiger partial charge in [-0.2, -0.15) is 0 Å². The van der Waals surface area contributed by atoms with Crippen molar-refractivity contribution in [1.29, 1.82) is 0 Å². The number of carbonyl (C=O) groups excluding carboxylic acids is 2. The van der Waals surface area contributed by atoms with Crippen molar-refractivity contribution in [3.05, 3.63) is 35.4 Å². The molecular formula is C17H21FN2O2. The molecule has 1 aromatic carbocycles. The van der Waals surface area contributed by atoms with Gasteiger partial charge < -0.3 is 5.32 Å². The summed E-state index contributed by atoms with van der Waals surface area (Å²) in [6.07, 6.45) is 1.77. The second-order valence-corrected chi connectivity index (χ2v) is 6.50. The highest BCUT2D eigenvalue weighted by molar-refractivity contribution is 6.03. The van der Waals surface area contributed by atoms with Crippen LogP contribution >= 0.6 is 0 Å². The molecule has 118 valence electrons. The third-order valence-electron chi connectivity index (χ3n) is 5.04. The zero-order chi connectivity index (χ0) is 15.8. The topological polar surface area (TPSA) is 58.2 Å². The summed E-state index contributed by atoms with van der Waals surface area (Å²) in [6.45, 7) is 3.19. The first-order valence-electron chi connectivity index (χ1n) is 7.79. The second kappa shape index (κ2) is 5.47. The highest BCUT2D eigenvalue weighted by Gasteiger charge is 2.40. The van der Waals surface area contributed by atoms with Crippen molar-refractivity contribution in [3.63, 3.8) is 0 Å². The molecule has 2 heterocycles. The first kappa shape index (κ1) is 15.2. The molecule has 2 fully saturated rings. The van der Waals surface area contributed by atoms with Gasteiger partial charge in [0.25, 0.3) is 0 Å². The zero-order valence-corrected chi connectivity index (χ0v) is 12.7. The molecular weight excluding hydrogens is 283 g/mol.